The number of nitrogen functional groups attached to an aromatic ring is 1. The van der Waals surface area contributed by atoms with Gasteiger partial charge in [-0.1, -0.05) is 60.4 Å². The van der Waals surface area contributed by atoms with Crippen molar-refractivity contribution in [2.24, 2.45) is 0 Å². The van der Waals surface area contributed by atoms with E-state index in [9.17, 15) is 24.3 Å². The first kappa shape index (κ1) is 36.8. The molecule has 1 aliphatic heterocycles. The minimum absolute atomic E-state index is 0.0171. The number of aromatic nitrogens is 2. The molecule has 3 N–H and O–H groups in total. The molecule has 50 heavy (non-hydrogen) atoms. The van der Waals surface area contributed by atoms with Crippen LogP contribution in [0, 0.1) is 11.5 Å². The number of ether oxygens (including phenoxy) is 3. The van der Waals surface area contributed by atoms with Gasteiger partial charge < -0.3 is 25.1 Å². The van der Waals surface area contributed by atoms with Crippen LogP contribution in [0.15, 0.2) is 89.9 Å². The molecule has 15 heteroatoms. The van der Waals surface area contributed by atoms with Gasteiger partial charge in [0, 0.05) is 26.8 Å². The highest BCUT2D eigenvalue weighted by Crippen LogP contribution is 2.50. The van der Waals surface area contributed by atoms with Crippen LogP contribution in [0.4, 0.5) is 5.82 Å². The van der Waals surface area contributed by atoms with Gasteiger partial charge in [-0.25, -0.2) is 14.4 Å². The molecule has 1 aliphatic rings. The lowest BCUT2D eigenvalue weighted by atomic mass is 9.75. The number of nitrogens with zero attached hydrogens (tertiary/aromatic N) is 2. The zero-order chi connectivity index (χ0) is 36.4. The zero-order valence-corrected chi connectivity index (χ0v) is 30.1. The monoisotopic (exact) mass is 753 g/mol. The summed E-state index contributed by atoms with van der Waals surface area (Å²) in [6.45, 7) is 4.93. The highest BCUT2D eigenvalue weighted by Gasteiger charge is 2.74. The summed E-state index contributed by atoms with van der Waals surface area (Å²) < 4.78 is 18.9. The van der Waals surface area contributed by atoms with Crippen LogP contribution in [0.25, 0.3) is 0 Å². The van der Waals surface area contributed by atoms with Gasteiger partial charge in [-0.3, -0.25) is 9.36 Å². The Balaban J connectivity index is 1.77. The maximum absolute atomic E-state index is 14.8. The number of esters is 2. The minimum Gasteiger partial charge on any atom is -0.459 e. The molecule has 0 spiro atoms. The van der Waals surface area contributed by atoms with Gasteiger partial charge >= 0.3 is 17.6 Å². The van der Waals surface area contributed by atoms with E-state index in [1.165, 1.54) is 78.9 Å². The molecule has 0 aliphatic carbocycles. The van der Waals surface area contributed by atoms with Gasteiger partial charge in [-0.05, 0) is 78.9 Å². The molecule has 1 aromatic heterocycles. The number of hydrogen-bond donors (Lipinski definition) is 2. The van der Waals surface area contributed by atoms with E-state index in [-0.39, 0.29) is 27.5 Å². The normalized spacial score (nSPS) is 21.5. The number of carbonyl (C=O) groups excluding carboxylic acids is 3. The fourth-order valence-electron chi connectivity index (χ4n) is 5.15. The summed E-state index contributed by atoms with van der Waals surface area (Å²) in [7, 11) is -2.43. The van der Waals surface area contributed by atoms with Crippen LogP contribution in [0.1, 0.15) is 37.3 Å². The van der Waals surface area contributed by atoms with Gasteiger partial charge in [0.15, 0.2) is 6.23 Å². The second-order valence-corrected chi connectivity index (χ2v) is 18.4. The number of benzene rings is 3. The van der Waals surface area contributed by atoms with E-state index in [4.69, 9.17) is 54.7 Å². The molecule has 3 aromatic carbocycles. The first-order valence-electron chi connectivity index (χ1n) is 15.0. The molecule has 0 radical (unpaired) electrons. The van der Waals surface area contributed by atoms with E-state index in [2.05, 4.69) is 16.4 Å². The predicted octanol–water partition coefficient (Wildman–Crippen LogP) is 5.63. The van der Waals surface area contributed by atoms with Crippen molar-refractivity contribution >= 4 is 66.4 Å². The highest BCUT2D eigenvalue weighted by atomic mass is 35.5. The molecule has 0 unspecified atom stereocenters. The van der Waals surface area contributed by atoms with Crippen LogP contribution in [0.5, 0.6) is 0 Å². The number of halogens is 3. The topological polar surface area (TPSA) is 160 Å². The Morgan fingerprint density at radius 1 is 0.880 bits per heavy atom. The van der Waals surface area contributed by atoms with Crippen LogP contribution in [0.3, 0.4) is 0 Å². The van der Waals surface area contributed by atoms with Gasteiger partial charge in [0.1, 0.15) is 26.6 Å². The second-order valence-electron chi connectivity index (χ2n) is 12.4. The maximum Gasteiger partial charge on any atom is 0.351 e. The molecular formula is C35H30Cl3N3O8Si. The van der Waals surface area contributed by atoms with E-state index >= 15 is 0 Å². The van der Waals surface area contributed by atoms with Crippen LogP contribution in [-0.2, 0) is 14.2 Å². The molecule has 5 rings (SSSR count). The number of hydrogen-bond acceptors (Lipinski definition) is 10. The third-order valence-corrected chi connectivity index (χ3v) is 9.26. The van der Waals surface area contributed by atoms with E-state index in [0.717, 1.165) is 10.8 Å². The molecule has 11 nitrogen and oxygen atoms in total. The number of carbonyl (C=O) groups is 3. The van der Waals surface area contributed by atoms with Crippen molar-refractivity contribution in [3.8, 4) is 11.5 Å². The van der Waals surface area contributed by atoms with Gasteiger partial charge in [0.25, 0.3) is 0 Å². The molecule has 4 atom stereocenters. The molecule has 0 saturated carbocycles. The van der Waals surface area contributed by atoms with Gasteiger partial charge in [0.05, 0.1) is 11.1 Å². The van der Waals surface area contributed by atoms with E-state index in [1.54, 1.807) is 0 Å². The molecule has 258 valence electrons. The quantitative estimate of drug-likeness (QED) is 0.0999. The first-order chi connectivity index (χ1) is 23.5. The molecular weight excluding hydrogens is 725 g/mol. The summed E-state index contributed by atoms with van der Waals surface area (Å²) >= 11 is 18.2. The van der Waals surface area contributed by atoms with Crippen LogP contribution in [-0.4, -0.2) is 64.4 Å². The average molecular weight is 755 g/mol. The molecule has 4 aromatic rings. The first-order valence-corrected chi connectivity index (χ1v) is 19.7. The van der Waals surface area contributed by atoms with Crippen molar-refractivity contribution in [1.82, 2.24) is 9.55 Å². The average Bonchev–Trinajstić information content (AvgIpc) is 3.30. The molecule has 1 fully saturated rings. The van der Waals surface area contributed by atoms with Crippen LogP contribution >= 0.6 is 34.8 Å². The summed E-state index contributed by atoms with van der Waals surface area (Å²) in [5, 5.41) is 14.1. The second kappa shape index (κ2) is 14.4. The SMILES string of the molecule is C[Si](C)(C)C#C[C@@]1(OC(=O)c2ccc(Cl)cc2)[C@@H](COC(=O)c2ccc(Cl)cc2)O[C@@H](n2ccc(N)nc2=O)[C@@]1(O)C(=O)c1ccc(Cl)cc1. The number of nitrogens with two attached hydrogens (primary N) is 1. The Morgan fingerprint density at radius 2 is 1.38 bits per heavy atom. The van der Waals surface area contributed by atoms with Gasteiger partial charge in [-0.2, -0.15) is 4.98 Å². The summed E-state index contributed by atoms with van der Waals surface area (Å²) in [6.07, 6.45) is -2.45. The fourth-order valence-corrected chi connectivity index (χ4v) is 6.08. The number of anilines is 1. The van der Waals surface area contributed by atoms with Gasteiger partial charge in [-0.15, -0.1) is 5.54 Å². The Morgan fingerprint density at radius 3 is 1.88 bits per heavy atom. The fraction of sp³-hybridized carbons (Fsp3) is 0.229. The summed E-state index contributed by atoms with van der Waals surface area (Å²) in [5.41, 5.74) is 2.23. The number of aliphatic hydroxyl groups is 1. The van der Waals surface area contributed by atoms with E-state index < -0.39 is 61.6 Å². The summed E-state index contributed by atoms with van der Waals surface area (Å²) in [6, 6.07) is 18.3. The van der Waals surface area contributed by atoms with Crippen LogP contribution < -0.4 is 11.4 Å². The number of ketones is 1. The van der Waals surface area contributed by atoms with Crippen LogP contribution in [0.2, 0.25) is 34.7 Å². The maximum atomic E-state index is 14.8. The molecule has 2 heterocycles. The standard InChI is InChI=1S/C35H30Cl3N3O8Si/c1-50(2,3)19-17-34(49-31(44)23-8-14-26(38)15-9-23)27(20-47-30(43)22-6-12-25(37)13-7-22)48-32(41-18-16-28(39)40-33(41)45)35(34,46)29(42)21-4-10-24(36)11-5-21/h4-16,18,27,32,46H,20H2,1-3H3,(H2,39,40,45)/t27-,32-,34-,35+/m1/s1. The molecule has 0 amide bonds. The lowest BCUT2D eigenvalue weighted by molar-refractivity contribution is -0.106. The molecule has 0 bridgehead atoms. The summed E-state index contributed by atoms with van der Waals surface area (Å²) in [5.74, 6) is -0.161. The minimum atomic E-state index is -2.99. The predicted molar refractivity (Wildman–Crippen MR) is 190 cm³/mol. The van der Waals surface area contributed by atoms with Gasteiger partial charge in [0.2, 0.25) is 17.0 Å². The van der Waals surface area contributed by atoms with Crippen molar-refractivity contribution in [1.29, 1.82) is 0 Å². The Hall–Kier alpha value is -4.48. The van der Waals surface area contributed by atoms with E-state index in [1.807, 2.05) is 19.6 Å². The lowest BCUT2D eigenvalue weighted by Gasteiger charge is -2.39. The largest absolute Gasteiger partial charge is 0.459 e. The smallest absolute Gasteiger partial charge is 0.351 e. The third kappa shape index (κ3) is 7.48. The van der Waals surface area contributed by atoms with Crippen molar-refractivity contribution < 1.29 is 33.7 Å². The number of Topliss-reactive ketones (excluding diaryl/α,β-unsaturated/α-hetero) is 1. The van der Waals surface area contributed by atoms with E-state index in [0.29, 0.717) is 10.0 Å². The Labute approximate surface area is 302 Å². The Bertz CT molecular complexity index is 2060. The van der Waals surface area contributed by atoms with Crippen molar-refractivity contribution in [2.45, 2.75) is 43.2 Å². The van der Waals surface area contributed by atoms with Crippen molar-refractivity contribution in [3.05, 3.63) is 127 Å². The third-order valence-electron chi connectivity index (χ3n) is 7.63. The van der Waals surface area contributed by atoms with Crippen molar-refractivity contribution in [2.75, 3.05) is 12.3 Å². The number of rotatable bonds is 8. The highest BCUT2D eigenvalue weighted by molar-refractivity contribution is 6.83. The Kier molecular flexibility index (Phi) is 10.6. The van der Waals surface area contributed by atoms with Crippen molar-refractivity contribution in [3.63, 3.8) is 0 Å². The zero-order valence-electron chi connectivity index (χ0n) is 26.9. The molecule has 1 saturated heterocycles. The summed E-state index contributed by atoms with van der Waals surface area (Å²) in [4.78, 5) is 59.0. The lowest BCUT2D eigenvalue weighted by Crippen LogP contribution is -2.65.